The number of esters is 1. The molecule has 0 saturated carbocycles. The molecule has 19 heavy (non-hydrogen) atoms. The Kier molecular flexibility index (Phi) is 5.14. The minimum Gasteiger partial charge on any atom is -0.462 e. The highest BCUT2D eigenvalue weighted by Gasteiger charge is 2.30. The Hall–Kier alpha value is -1.33. The summed E-state index contributed by atoms with van der Waals surface area (Å²) in [6.07, 6.45) is 0. The molecule has 0 heterocycles. The Morgan fingerprint density at radius 1 is 1.53 bits per heavy atom. The van der Waals surface area contributed by atoms with Crippen LogP contribution >= 0.6 is 24.4 Å². The van der Waals surface area contributed by atoms with Crippen molar-refractivity contribution in [3.63, 3.8) is 0 Å². The molecule has 0 atom stereocenters. The fraction of sp³-hybridized carbons (Fsp3) is 0.273. The van der Waals surface area contributed by atoms with Gasteiger partial charge in [-0.25, -0.2) is 4.79 Å². The standard InChI is InChI=1S/C11H8F3NO2S2/c1-2-17-10(16)7-3-6(19-11(12,13)14)4-9(18)8(7)5-15/h3-4,18H,2H2,1H3. The lowest BCUT2D eigenvalue weighted by molar-refractivity contribution is -0.0328. The average molecular weight is 307 g/mol. The van der Waals surface area contributed by atoms with Crippen LogP contribution in [-0.2, 0) is 4.74 Å². The highest BCUT2D eigenvalue weighted by atomic mass is 32.2. The summed E-state index contributed by atoms with van der Waals surface area (Å²) in [6, 6.07) is 3.79. The summed E-state index contributed by atoms with van der Waals surface area (Å²) in [5, 5.41) is 8.90. The van der Waals surface area contributed by atoms with Crippen LogP contribution in [0.3, 0.4) is 0 Å². The van der Waals surface area contributed by atoms with E-state index in [4.69, 9.17) is 10.00 Å². The molecule has 0 aliphatic rings. The zero-order chi connectivity index (χ0) is 14.6. The van der Waals surface area contributed by atoms with Crippen molar-refractivity contribution in [3.05, 3.63) is 23.3 Å². The number of hydrogen-bond acceptors (Lipinski definition) is 5. The molecule has 3 nitrogen and oxygen atoms in total. The van der Waals surface area contributed by atoms with Gasteiger partial charge >= 0.3 is 11.5 Å². The third-order valence-corrected chi connectivity index (χ3v) is 2.99. The van der Waals surface area contributed by atoms with Gasteiger partial charge < -0.3 is 4.74 Å². The summed E-state index contributed by atoms with van der Waals surface area (Å²) in [5.74, 6) is -0.848. The molecule has 0 unspecified atom stereocenters. The van der Waals surface area contributed by atoms with E-state index in [0.717, 1.165) is 12.1 Å². The Morgan fingerprint density at radius 3 is 2.63 bits per heavy atom. The number of carbonyl (C=O) groups excluding carboxylic acids is 1. The van der Waals surface area contributed by atoms with Gasteiger partial charge in [-0.3, -0.25) is 0 Å². The van der Waals surface area contributed by atoms with E-state index in [1.165, 1.54) is 0 Å². The highest BCUT2D eigenvalue weighted by Crippen LogP contribution is 2.38. The molecule has 0 N–H and O–H groups in total. The average Bonchev–Trinajstić information content (AvgIpc) is 2.26. The van der Waals surface area contributed by atoms with E-state index >= 15 is 0 Å². The first-order chi connectivity index (χ1) is 8.78. The molecule has 102 valence electrons. The fourth-order valence-corrected chi connectivity index (χ4v) is 2.30. The number of ether oxygens (including phenoxy) is 1. The van der Waals surface area contributed by atoms with Gasteiger partial charge in [-0.05, 0) is 30.8 Å². The molecule has 0 saturated heterocycles. The third kappa shape index (κ3) is 4.36. The normalized spacial score (nSPS) is 10.9. The van der Waals surface area contributed by atoms with E-state index in [-0.39, 0.29) is 39.3 Å². The number of rotatable bonds is 3. The molecule has 8 heteroatoms. The smallest absolute Gasteiger partial charge is 0.446 e. The summed E-state index contributed by atoms with van der Waals surface area (Å²) in [6.45, 7) is 1.61. The summed E-state index contributed by atoms with van der Waals surface area (Å²) < 4.78 is 41.6. The predicted molar refractivity (Wildman–Crippen MR) is 66.3 cm³/mol. The van der Waals surface area contributed by atoms with Gasteiger partial charge in [0.1, 0.15) is 6.07 Å². The van der Waals surface area contributed by atoms with Gasteiger partial charge in [-0.1, -0.05) is 0 Å². The van der Waals surface area contributed by atoms with Crippen molar-refractivity contribution in [2.45, 2.75) is 22.2 Å². The van der Waals surface area contributed by atoms with Crippen molar-refractivity contribution in [1.29, 1.82) is 5.26 Å². The molecule has 0 aliphatic heterocycles. The maximum absolute atomic E-state index is 12.3. The Labute approximate surface area is 117 Å². The Balaban J connectivity index is 3.27. The Morgan fingerprint density at radius 2 is 2.16 bits per heavy atom. The molecule has 1 rings (SSSR count). The molecular formula is C11H8F3NO2S2. The van der Waals surface area contributed by atoms with E-state index in [1.807, 2.05) is 0 Å². The van der Waals surface area contributed by atoms with Crippen molar-refractivity contribution in [2.75, 3.05) is 6.61 Å². The van der Waals surface area contributed by atoms with Crippen LogP contribution in [-0.4, -0.2) is 18.1 Å². The molecule has 0 bridgehead atoms. The number of halogens is 3. The quantitative estimate of drug-likeness (QED) is 0.526. The lowest BCUT2D eigenvalue weighted by Gasteiger charge is -2.10. The molecular weight excluding hydrogens is 299 g/mol. The van der Waals surface area contributed by atoms with Gasteiger partial charge in [0.2, 0.25) is 0 Å². The van der Waals surface area contributed by atoms with E-state index in [1.54, 1.807) is 13.0 Å². The topological polar surface area (TPSA) is 50.1 Å². The first kappa shape index (κ1) is 15.7. The second-order valence-electron chi connectivity index (χ2n) is 3.25. The molecule has 0 aromatic heterocycles. The van der Waals surface area contributed by atoms with Gasteiger partial charge in [-0.2, -0.15) is 18.4 Å². The van der Waals surface area contributed by atoms with E-state index in [0.29, 0.717) is 0 Å². The van der Waals surface area contributed by atoms with Crippen LogP contribution < -0.4 is 0 Å². The van der Waals surface area contributed by atoms with Gasteiger partial charge in [0.15, 0.2) is 0 Å². The van der Waals surface area contributed by atoms with E-state index in [9.17, 15) is 18.0 Å². The van der Waals surface area contributed by atoms with Crippen LogP contribution in [0.5, 0.6) is 0 Å². The number of carbonyl (C=O) groups is 1. The number of thioether (sulfide) groups is 1. The monoisotopic (exact) mass is 307 g/mol. The van der Waals surface area contributed by atoms with Crippen LogP contribution in [0.25, 0.3) is 0 Å². The largest absolute Gasteiger partial charge is 0.462 e. The van der Waals surface area contributed by atoms with Crippen molar-refractivity contribution in [2.24, 2.45) is 0 Å². The highest BCUT2D eigenvalue weighted by molar-refractivity contribution is 8.00. The van der Waals surface area contributed by atoms with Crippen LogP contribution in [0.2, 0.25) is 0 Å². The molecule has 0 fully saturated rings. The zero-order valence-corrected chi connectivity index (χ0v) is 11.3. The molecule has 0 radical (unpaired) electrons. The number of hydrogen-bond donors (Lipinski definition) is 1. The van der Waals surface area contributed by atoms with Crippen LogP contribution in [0, 0.1) is 11.3 Å². The van der Waals surface area contributed by atoms with Crippen molar-refractivity contribution in [3.8, 4) is 6.07 Å². The van der Waals surface area contributed by atoms with Crippen molar-refractivity contribution < 1.29 is 22.7 Å². The number of alkyl halides is 3. The summed E-state index contributed by atoms with van der Waals surface area (Å²) in [5.41, 5.74) is -4.81. The lowest BCUT2D eigenvalue weighted by atomic mass is 10.1. The number of thiol groups is 1. The SMILES string of the molecule is CCOC(=O)c1cc(SC(F)(F)F)cc(S)c1C#N. The minimum absolute atomic E-state index is 0.000182. The van der Waals surface area contributed by atoms with Gasteiger partial charge in [0.25, 0.3) is 0 Å². The maximum atomic E-state index is 12.3. The van der Waals surface area contributed by atoms with E-state index in [2.05, 4.69) is 12.6 Å². The van der Waals surface area contributed by atoms with Crippen LogP contribution in [0.1, 0.15) is 22.8 Å². The molecule has 1 aromatic carbocycles. The van der Waals surface area contributed by atoms with E-state index < -0.39 is 11.5 Å². The van der Waals surface area contributed by atoms with Crippen LogP contribution in [0.4, 0.5) is 13.2 Å². The van der Waals surface area contributed by atoms with Crippen LogP contribution in [0.15, 0.2) is 21.9 Å². The number of benzene rings is 1. The third-order valence-electron chi connectivity index (χ3n) is 1.93. The number of nitrogens with zero attached hydrogens (tertiary/aromatic N) is 1. The summed E-state index contributed by atoms with van der Waals surface area (Å²) in [4.78, 5) is 11.4. The first-order valence-corrected chi connectivity index (χ1v) is 6.24. The predicted octanol–water partition coefficient (Wildman–Crippen LogP) is 3.64. The number of nitriles is 1. The minimum atomic E-state index is -4.49. The van der Waals surface area contributed by atoms with Crippen molar-refractivity contribution >= 4 is 30.4 Å². The van der Waals surface area contributed by atoms with Crippen molar-refractivity contribution in [1.82, 2.24) is 0 Å². The molecule has 1 aromatic rings. The molecule has 0 aliphatic carbocycles. The lowest BCUT2D eigenvalue weighted by Crippen LogP contribution is -2.08. The maximum Gasteiger partial charge on any atom is 0.446 e. The second-order valence-corrected chi connectivity index (χ2v) is 4.87. The Bertz CT molecular complexity index is 538. The van der Waals surface area contributed by atoms with Gasteiger partial charge in [0, 0.05) is 9.79 Å². The van der Waals surface area contributed by atoms with Gasteiger partial charge in [-0.15, -0.1) is 12.6 Å². The van der Waals surface area contributed by atoms with Gasteiger partial charge in [0.05, 0.1) is 17.7 Å². The fourth-order valence-electron chi connectivity index (χ4n) is 1.28. The molecule has 0 amide bonds. The summed E-state index contributed by atoms with van der Waals surface area (Å²) >= 11 is 3.54. The first-order valence-electron chi connectivity index (χ1n) is 4.98. The second kappa shape index (κ2) is 6.21. The summed E-state index contributed by atoms with van der Waals surface area (Å²) in [7, 11) is 0. The zero-order valence-electron chi connectivity index (χ0n) is 9.61. The molecule has 0 spiro atoms.